The molecular formula is C14H23NO. The molecule has 0 aromatic heterocycles. The fourth-order valence-corrected chi connectivity index (χ4v) is 2.26. The molecule has 16 heavy (non-hydrogen) atoms. The van der Waals surface area contributed by atoms with Crippen LogP contribution < -0.4 is 0 Å². The molecule has 1 aromatic rings. The number of aliphatic hydroxyl groups excluding tert-OH is 1. The summed E-state index contributed by atoms with van der Waals surface area (Å²) >= 11 is 0. The van der Waals surface area contributed by atoms with Gasteiger partial charge in [-0.2, -0.15) is 0 Å². The van der Waals surface area contributed by atoms with Crippen molar-refractivity contribution in [2.24, 2.45) is 5.92 Å². The van der Waals surface area contributed by atoms with Crippen LogP contribution in [0, 0.1) is 5.92 Å². The number of hydrogen-bond acceptors (Lipinski definition) is 2. The monoisotopic (exact) mass is 221 g/mol. The summed E-state index contributed by atoms with van der Waals surface area (Å²) in [6.07, 6.45) is 0.840. The molecule has 0 radical (unpaired) electrons. The maximum Gasteiger partial charge on any atom is 0.0443 e. The van der Waals surface area contributed by atoms with Gasteiger partial charge < -0.3 is 5.11 Å². The Morgan fingerprint density at radius 3 is 2.31 bits per heavy atom. The van der Waals surface area contributed by atoms with Gasteiger partial charge in [-0.15, -0.1) is 0 Å². The van der Waals surface area contributed by atoms with Crippen molar-refractivity contribution in [1.82, 2.24) is 4.90 Å². The molecule has 0 fully saturated rings. The summed E-state index contributed by atoms with van der Waals surface area (Å²) in [4.78, 5) is 2.33. The molecule has 0 aliphatic heterocycles. The third-order valence-electron chi connectivity index (χ3n) is 2.92. The summed E-state index contributed by atoms with van der Waals surface area (Å²) in [5.41, 5.74) is 1.36. The minimum atomic E-state index is 0.268. The number of benzene rings is 1. The Balaban J connectivity index is 2.75. The van der Waals surface area contributed by atoms with Gasteiger partial charge in [-0.05, 0) is 24.9 Å². The van der Waals surface area contributed by atoms with E-state index in [9.17, 15) is 0 Å². The van der Waals surface area contributed by atoms with Crippen LogP contribution in [0.3, 0.4) is 0 Å². The van der Waals surface area contributed by atoms with E-state index in [1.54, 1.807) is 0 Å². The SMILES string of the molecule is CC(C)C(c1ccccc1)N(C)CCCO. The Bertz CT molecular complexity index is 284. The highest BCUT2D eigenvalue weighted by atomic mass is 16.3. The predicted molar refractivity (Wildman–Crippen MR) is 68.4 cm³/mol. The van der Waals surface area contributed by atoms with Crippen LogP contribution in [0.4, 0.5) is 0 Å². The Morgan fingerprint density at radius 1 is 1.19 bits per heavy atom. The van der Waals surface area contributed by atoms with E-state index >= 15 is 0 Å². The largest absolute Gasteiger partial charge is 0.396 e. The molecule has 0 saturated heterocycles. The van der Waals surface area contributed by atoms with Crippen LogP contribution >= 0.6 is 0 Å². The summed E-state index contributed by atoms with van der Waals surface area (Å²) in [6, 6.07) is 11.0. The first-order chi connectivity index (χ1) is 7.66. The molecule has 0 aliphatic carbocycles. The molecular weight excluding hydrogens is 198 g/mol. The van der Waals surface area contributed by atoms with Crippen molar-refractivity contribution in [3.63, 3.8) is 0 Å². The third-order valence-corrected chi connectivity index (χ3v) is 2.92. The first kappa shape index (κ1) is 13.2. The minimum Gasteiger partial charge on any atom is -0.396 e. The van der Waals surface area contributed by atoms with Gasteiger partial charge in [0, 0.05) is 19.2 Å². The molecule has 2 nitrogen and oxygen atoms in total. The molecule has 0 aliphatic rings. The first-order valence-corrected chi connectivity index (χ1v) is 6.03. The lowest BCUT2D eigenvalue weighted by Gasteiger charge is -2.31. The molecule has 0 heterocycles. The van der Waals surface area contributed by atoms with Crippen molar-refractivity contribution in [2.75, 3.05) is 20.2 Å². The highest BCUT2D eigenvalue weighted by Gasteiger charge is 2.19. The molecule has 90 valence electrons. The zero-order valence-corrected chi connectivity index (χ0v) is 10.6. The second kappa shape index (κ2) is 6.66. The molecule has 0 amide bonds. The lowest BCUT2D eigenvalue weighted by molar-refractivity contribution is 0.173. The zero-order valence-electron chi connectivity index (χ0n) is 10.6. The van der Waals surface area contributed by atoms with E-state index < -0.39 is 0 Å². The summed E-state index contributed by atoms with van der Waals surface area (Å²) in [5.74, 6) is 0.575. The lowest BCUT2D eigenvalue weighted by atomic mass is 9.94. The van der Waals surface area contributed by atoms with E-state index in [1.807, 2.05) is 0 Å². The molecule has 1 aromatic carbocycles. The molecule has 0 bridgehead atoms. The number of rotatable bonds is 6. The highest BCUT2D eigenvalue weighted by molar-refractivity contribution is 5.19. The van der Waals surface area contributed by atoms with Gasteiger partial charge in [0.2, 0.25) is 0 Å². The fraction of sp³-hybridized carbons (Fsp3) is 0.571. The Kier molecular flexibility index (Phi) is 5.50. The molecule has 1 rings (SSSR count). The van der Waals surface area contributed by atoms with Gasteiger partial charge in [0.25, 0.3) is 0 Å². The quantitative estimate of drug-likeness (QED) is 0.798. The van der Waals surface area contributed by atoms with Crippen LogP contribution in [0.2, 0.25) is 0 Å². The smallest absolute Gasteiger partial charge is 0.0443 e. The topological polar surface area (TPSA) is 23.5 Å². The highest BCUT2D eigenvalue weighted by Crippen LogP contribution is 2.27. The van der Waals surface area contributed by atoms with E-state index in [0.29, 0.717) is 12.0 Å². The molecule has 0 saturated carbocycles. The second-order valence-corrected chi connectivity index (χ2v) is 4.66. The standard InChI is InChI=1S/C14H23NO/c1-12(2)14(15(3)10-7-11-16)13-8-5-4-6-9-13/h4-6,8-9,12,14,16H,7,10-11H2,1-3H3. The van der Waals surface area contributed by atoms with Crippen LogP contribution in [0.25, 0.3) is 0 Å². The fourth-order valence-electron chi connectivity index (χ4n) is 2.26. The Hall–Kier alpha value is -0.860. The van der Waals surface area contributed by atoms with Gasteiger partial charge in [-0.3, -0.25) is 4.90 Å². The Labute approximate surface area is 98.9 Å². The van der Waals surface area contributed by atoms with Gasteiger partial charge in [0.05, 0.1) is 0 Å². The van der Waals surface area contributed by atoms with Crippen molar-refractivity contribution < 1.29 is 5.11 Å². The van der Waals surface area contributed by atoms with E-state index in [2.05, 4.69) is 56.1 Å². The molecule has 1 N–H and O–H groups in total. The molecule has 1 atom stereocenters. The van der Waals surface area contributed by atoms with Crippen LogP contribution in [-0.4, -0.2) is 30.2 Å². The van der Waals surface area contributed by atoms with E-state index in [-0.39, 0.29) is 6.61 Å². The van der Waals surface area contributed by atoms with E-state index in [0.717, 1.165) is 13.0 Å². The summed E-state index contributed by atoms with van der Waals surface area (Å²) in [7, 11) is 2.13. The summed E-state index contributed by atoms with van der Waals surface area (Å²) < 4.78 is 0. The maximum absolute atomic E-state index is 8.88. The van der Waals surface area contributed by atoms with Crippen LogP contribution in [0.5, 0.6) is 0 Å². The van der Waals surface area contributed by atoms with Crippen molar-refractivity contribution in [1.29, 1.82) is 0 Å². The van der Waals surface area contributed by atoms with Crippen LogP contribution in [0.15, 0.2) is 30.3 Å². The summed E-state index contributed by atoms with van der Waals surface area (Å²) in [5, 5.41) is 8.88. The van der Waals surface area contributed by atoms with Crippen molar-refractivity contribution in [2.45, 2.75) is 26.3 Å². The van der Waals surface area contributed by atoms with Crippen molar-refractivity contribution in [3.8, 4) is 0 Å². The molecule has 0 spiro atoms. The summed E-state index contributed by atoms with van der Waals surface area (Å²) in [6.45, 7) is 5.69. The first-order valence-electron chi connectivity index (χ1n) is 6.03. The molecule has 2 heteroatoms. The van der Waals surface area contributed by atoms with Gasteiger partial charge in [-0.1, -0.05) is 44.2 Å². The maximum atomic E-state index is 8.88. The third kappa shape index (κ3) is 3.62. The van der Waals surface area contributed by atoms with Gasteiger partial charge in [0.15, 0.2) is 0 Å². The van der Waals surface area contributed by atoms with Gasteiger partial charge in [-0.25, -0.2) is 0 Å². The van der Waals surface area contributed by atoms with E-state index in [4.69, 9.17) is 5.11 Å². The van der Waals surface area contributed by atoms with Crippen molar-refractivity contribution >= 4 is 0 Å². The van der Waals surface area contributed by atoms with Crippen LogP contribution in [-0.2, 0) is 0 Å². The van der Waals surface area contributed by atoms with Crippen molar-refractivity contribution in [3.05, 3.63) is 35.9 Å². The van der Waals surface area contributed by atoms with E-state index in [1.165, 1.54) is 5.56 Å². The Morgan fingerprint density at radius 2 is 1.81 bits per heavy atom. The normalized spacial score (nSPS) is 13.4. The number of nitrogens with zero attached hydrogens (tertiary/aromatic N) is 1. The number of hydrogen-bond donors (Lipinski definition) is 1. The zero-order chi connectivity index (χ0) is 12.0. The van der Waals surface area contributed by atoms with Gasteiger partial charge >= 0.3 is 0 Å². The average molecular weight is 221 g/mol. The van der Waals surface area contributed by atoms with Gasteiger partial charge in [0.1, 0.15) is 0 Å². The minimum absolute atomic E-state index is 0.268. The molecule has 1 unspecified atom stereocenters. The predicted octanol–water partition coefficient (Wildman–Crippen LogP) is 2.70. The second-order valence-electron chi connectivity index (χ2n) is 4.66. The number of aliphatic hydroxyl groups is 1. The average Bonchev–Trinajstić information content (AvgIpc) is 2.27. The van der Waals surface area contributed by atoms with Crippen LogP contribution in [0.1, 0.15) is 31.9 Å². The lowest BCUT2D eigenvalue weighted by Crippen LogP contribution is -2.29.